The first-order valence-electron chi connectivity index (χ1n) is 18.4. The van der Waals surface area contributed by atoms with Crippen LogP contribution in [0.15, 0.2) is 212 Å². The first kappa shape index (κ1) is 33.7. The van der Waals surface area contributed by atoms with Crippen molar-refractivity contribution < 1.29 is 0 Å². The Kier molecular flexibility index (Phi) is 9.08. The van der Waals surface area contributed by atoms with E-state index < -0.39 is 5.41 Å². The lowest BCUT2D eigenvalue weighted by molar-refractivity contribution is 0.722. The molecule has 1 nitrogen and oxygen atoms in total. The lowest BCUT2D eigenvalue weighted by atomic mass is 9.67. The van der Waals surface area contributed by atoms with Crippen molar-refractivity contribution >= 4 is 22.6 Å². The molecule has 0 fully saturated rings. The molecular weight excluding hydrogens is 639 g/mol. The van der Waals surface area contributed by atoms with Gasteiger partial charge in [0.2, 0.25) is 0 Å². The predicted molar refractivity (Wildman–Crippen MR) is 227 cm³/mol. The summed E-state index contributed by atoms with van der Waals surface area (Å²) in [5.41, 5.74) is 17.9. The number of hydrogen-bond acceptors (Lipinski definition) is 1. The quantitative estimate of drug-likeness (QED) is 0.137. The number of allylic oxidation sites excluding steroid dienone is 5. The third-order valence-corrected chi connectivity index (χ3v) is 11.0. The maximum atomic E-state index is 4.10. The molecule has 0 spiro atoms. The van der Waals surface area contributed by atoms with Crippen molar-refractivity contribution in [2.24, 2.45) is 0 Å². The summed E-state index contributed by atoms with van der Waals surface area (Å²) in [7, 11) is 0. The van der Waals surface area contributed by atoms with Gasteiger partial charge in [0.25, 0.3) is 0 Å². The molecule has 8 rings (SSSR count). The molecule has 0 amide bonds. The highest BCUT2D eigenvalue weighted by atomic mass is 15.1. The second-order valence-electron chi connectivity index (χ2n) is 13.9. The van der Waals surface area contributed by atoms with Crippen LogP contribution in [0.5, 0.6) is 0 Å². The number of hydrogen-bond donors (Lipinski definition) is 0. The van der Waals surface area contributed by atoms with E-state index in [1.54, 1.807) is 0 Å². The van der Waals surface area contributed by atoms with Gasteiger partial charge in [-0.05, 0) is 113 Å². The molecule has 1 heteroatoms. The highest BCUT2D eigenvalue weighted by Crippen LogP contribution is 2.55. The molecule has 7 aromatic carbocycles. The molecule has 0 N–H and O–H groups in total. The van der Waals surface area contributed by atoms with Gasteiger partial charge in [-0.3, -0.25) is 0 Å². The van der Waals surface area contributed by atoms with Gasteiger partial charge in [-0.1, -0.05) is 175 Å². The smallest absolute Gasteiger partial charge is 0.0631 e. The van der Waals surface area contributed by atoms with E-state index in [-0.39, 0.29) is 0 Å². The van der Waals surface area contributed by atoms with Crippen molar-refractivity contribution in [2.45, 2.75) is 26.2 Å². The van der Waals surface area contributed by atoms with E-state index in [0.717, 1.165) is 17.1 Å². The molecular formula is C52H43N. The zero-order valence-corrected chi connectivity index (χ0v) is 30.6. The Morgan fingerprint density at radius 3 is 1.51 bits per heavy atom. The molecule has 0 bridgehead atoms. The Morgan fingerprint density at radius 2 is 0.943 bits per heavy atom. The van der Waals surface area contributed by atoms with Gasteiger partial charge in [-0.2, -0.15) is 0 Å². The van der Waals surface area contributed by atoms with E-state index in [2.05, 4.69) is 220 Å². The molecule has 53 heavy (non-hydrogen) atoms. The van der Waals surface area contributed by atoms with Crippen LogP contribution in [0.1, 0.15) is 37.5 Å². The second-order valence-corrected chi connectivity index (χ2v) is 13.9. The van der Waals surface area contributed by atoms with Crippen molar-refractivity contribution in [1.29, 1.82) is 0 Å². The van der Waals surface area contributed by atoms with Gasteiger partial charge < -0.3 is 4.90 Å². The lowest BCUT2D eigenvalue weighted by Gasteiger charge is -2.36. The van der Waals surface area contributed by atoms with Crippen LogP contribution < -0.4 is 4.90 Å². The summed E-state index contributed by atoms with van der Waals surface area (Å²) in [6.07, 6.45) is 4.10. The van der Waals surface area contributed by atoms with Crippen LogP contribution in [0.25, 0.3) is 39.0 Å². The number of fused-ring (bicyclic) bond motifs is 1. The third-order valence-electron chi connectivity index (χ3n) is 11.0. The number of benzene rings is 7. The molecule has 1 aliphatic rings. The summed E-state index contributed by atoms with van der Waals surface area (Å²) in [6, 6.07) is 65.9. The fourth-order valence-electron chi connectivity index (χ4n) is 8.37. The average molecular weight is 682 g/mol. The summed E-state index contributed by atoms with van der Waals surface area (Å²) in [6.45, 7) is 10.9. The molecule has 0 aromatic heterocycles. The van der Waals surface area contributed by atoms with Gasteiger partial charge in [0, 0.05) is 17.1 Å². The molecule has 0 aliphatic heterocycles. The Labute approximate surface area is 314 Å². The van der Waals surface area contributed by atoms with E-state index in [1.165, 1.54) is 66.8 Å². The molecule has 0 radical (unpaired) electrons. The first-order valence-corrected chi connectivity index (χ1v) is 18.4. The van der Waals surface area contributed by atoms with E-state index in [0.29, 0.717) is 0 Å². The minimum absolute atomic E-state index is 0.404. The standard InChI is InChI=1S/C52H43N/c1-5-17-37(2)52(44-22-13-8-14-23-44)39(4)38(3)48-35-34-47(36-51(48)52)53(45-30-26-41(27-31-45)40-18-9-6-10-19-40)46-32-28-43(29-33-46)50-25-16-15-24-49(50)42-20-11-7-12-21-42/h5-36H,1H2,2-4H3. The summed E-state index contributed by atoms with van der Waals surface area (Å²) >= 11 is 0. The average Bonchev–Trinajstić information content (AvgIpc) is 3.45. The topological polar surface area (TPSA) is 3.24 Å². The monoisotopic (exact) mass is 681 g/mol. The summed E-state index contributed by atoms with van der Waals surface area (Å²) < 4.78 is 0. The maximum absolute atomic E-state index is 4.10. The van der Waals surface area contributed by atoms with Gasteiger partial charge in [0.1, 0.15) is 0 Å². The van der Waals surface area contributed by atoms with Crippen LogP contribution in [0.3, 0.4) is 0 Å². The summed E-state index contributed by atoms with van der Waals surface area (Å²) in [4.78, 5) is 2.40. The van der Waals surface area contributed by atoms with Crippen LogP contribution in [0.2, 0.25) is 0 Å². The van der Waals surface area contributed by atoms with Gasteiger partial charge in [0.05, 0.1) is 5.41 Å². The zero-order valence-electron chi connectivity index (χ0n) is 30.6. The lowest BCUT2D eigenvalue weighted by Crippen LogP contribution is -2.29. The highest BCUT2D eigenvalue weighted by molar-refractivity contribution is 5.89. The van der Waals surface area contributed by atoms with Crippen LogP contribution in [0.4, 0.5) is 17.1 Å². The number of rotatable bonds is 9. The van der Waals surface area contributed by atoms with Gasteiger partial charge >= 0.3 is 0 Å². The molecule has 1 atom stereocenters. The molecule has 0 saturated heterocycles. The number of anilines is 3. The SMILES string of the molecule is C=CC=C(C)C1(c2ccccc2)C(C)=C(C)c2ccc(N(c3ccc(-c4ccccc4)cc3)c3ccc(-c4ccccc4-c4ccccc4)cc3)cc21. The van der Waals surface area contributed by atoms with Crippen LogP contribution in [-0.4, -0.2) is 0 Å². The summed E-state index contributed by atoms with van der Waals surface area (Å²) in [5, 5.41) is 0. The Balaban J connectivity index is 1.29. The van der Waals surface area contributed by atoms with E-state index >= 15 is 0 Å². The normalized spacial score (nSPS) is 15.3. The van der Waals surface area contributed by atoms with Crippen LogP contribution in [0, 0.1) is 0 Å². The van der Waals surface area contributed by atoms with E-state index in [1.807, 2.05) is 6.08 Å². The van der Waals surface area contributed by atoms with Gasteiger partial charge in [-0.15, -0.1) is 0 Å². The molecule has 0 saturated carbocycles. The van der Waals surface area contributed by atoms with Crippen LogP contribution in [-0.2, 0) is 5.41 Å². The van der Waals surface area contributed by atoms with E-state index in [9.17, 15) is 0 Å². The predicted octanol–water partition coefficient (Wildman–Crippen LogP) is 14.4. The van der Waals surface area contributed by atoms with Crippen molar-refractivity contribution in [3.8, 4) is 33.4 Å². The third kappa shape index (κ3) is 5.95. The molecule has 1 aliphatic carbocycles. The van der Waals surface area contributed by atoms with Crippen molar-refractivity contribution in [3.63, 3.8) is 0 Å². The fourth-order valence-corrected chi connectivity index (χ4v) is 8.37. The van der Waals surface area contributed by atoms with E-state index in [4.69, 9.17) is 0 Å². The van der Waals surface area contributed by atoms with Crippen molar-refractivity contribution in [2.75, 3.05) is 4.90 Å². The molecule has 1 unspecified atom stereocenters. The zero-order chi connectivity index (χ0) is 36.4. The van der Waals surface area contributed by atoms with Crippen LogP contribution >= 0.6 is 0 Å². The molecule has 0 heterocycles. The number of nitrogens with zero attached hydrogens (tertiary/aromatic N) is 1. The Bertz CT molecular complexity index is 2450. The maximum Gasteiger partial charge on any atom is 0.0631 e. The van der Waals surface area contributed by atoms with Crippen molar-refractivity contribution in [3.05, 3.63) is 229 Å². The largest absolute Gasteiger partial charge is 0.310 e. The first-order chi connectivity index (χ1) is 26.0. The van der Waals surface area contributed by atoms with Crippen molar-refractivity contribution in [1.82, 2.24) is 0 Å². The Hall–Kier alpha value is -6.44. The minimum Gasteiger partial charge on any atom is -0.310 e. The summed E-state index contributed by atoms with van der Waals surface area (Å²) in [5.74, 6) is 0. The second kappa shape index (κ2) is 14.3. The Morgan fingerprint density at radius 1 is 0.491 bits per heavy atom. The fraction of sp³-hybridized carbons (Fsp3) is 0.0769. The van der Waals surface area contributed by atoms with Gasteiger partial charge in [-0.25, -0.2) is 0 Å². The molecule has 256 valence electrons. The molecule has 7 aromatic rings. The minimum atomic E-state index is -0.404. The van der Waals surface area contributed by atoms with Gasteiger partial charge in [0.15, 0.2) is 0 Å². The highest BCUT2D eigenvalue weighted by Gasteiger charge is 2.45.